The number of rotatable bonds is 5. The van der Waals surface area contributed by atoms with Gasteiger partial charge in [0.1, 0.15) is 5.75 Å². The number of hydrogen-bond donors (Lipinski definition) is 1. The maximum Gasteiger partial charge on any atom is 0.123 e. The first-order valence-electron chi connectivity index (χ1n) is 6.69. The van der Waals surface area contributed by atoms with Crippen LogP contribution in [0.5, 0.6) is 5.75 Å². The van der Waals surface area contributed by atoms with Crippen LogP contribution in [-0.4, -0.2) is 14.2 Å². The van der Waals surface area contributed by atoms with Gasteiger partial charge in [-0.05, 0) is 42.3 Å². The molecule has 0 aliphatic rings. The minimum absolute atomic E-state index is 0.810. The lowest BCUT2D eigenvalue weighted by atomic mass is 10.0. The fourth-order valence-electron chi connectivity index (χ4n) is 2.22. The van der Waals surface area contributed by atoms with Crippen molar-refractivity contribution in [3.8, 4) is 16.9 Å². The molecular formula is C17H21NO. The highest BCUT2D eigenvalue weighted by atomic mass is 16.5. The number of nitrogens with one attached hydrogen (secondary N) is 1. The first-order valence-corrected chi connectivity index (χ1v) is 6.69. The van der Waals surface area contributed by atoms with Crippen LogP contribution in [0.25, 0.3) is 11.1 Å². The highest BCUT2D eigenvalue weighted by Crippen LogP contribution is 2.27. The normalized spacial score (nSPS) is 10.5. The Bertz CT molecular complexity index is 531. The Hall–Kier alpha value is -1.80. The van der Waals surface area contributed by atoms with Gasteiger partial charge in [0.2, 0.25) is 0 Å². The summed E-state index contributed by atoms with van der Waals surface area (Å²) in [5, 5.41) is 3.18. The summed E-state index contributed by atoms with van der Waals surface area (Å²) in [4.78, 5) is 0. The van der Waals surface area contributed by atoms with Crippen LogP contribution < -0.4 is 10.1 Å². The summed E-state index contributed by atoms with van der Waals surface area (Å²) in [6.07, 6.45) is 1.08. The second kappa shape index (κ2) is 6.39. The van der Waals surface area contributed by atoms with Crippen molar-refractivity contribution in [1.82, 2.24) is 5.32 Å². The molecule has 0 aliphatic heterocycles. The summed E-state index contributed by atoms with van der Waals surface area (Å²) in [6, 6.07) is 15.1. The molecule has 100 valence electrons. The van der Waals surface area contributed by atoms with Crippen LogP contribution in [0.2, 0.25) is 0 Å². The molecule has 0 spiro atoms. The number of hydrogen-bond acceptors (Lipinski definition) is 2. The van der Waals surface area contributed by atoms with Crippen LogP contribution in [0.3, 0.4) is 0 Å². The summed E-state index contributed by atoms with van der Waals surface area (Å²) in [7, 11) is 3.66. The van der Waals surface area contributed by atoms with Crippen LogP contribution in [0.4, 0.5) is 0 Å². The molecule has 2 nitrogen and oxygen atoms in total. The SMILES string of the molecule is CCc1ccc(-c2ccc(OC)c(CNC)c2)cc1. The molecule has 2 aromatic rings. The zero-order valence-corrected chi connectivity index (χ0v) is 11.9. The fourth-order valence-corrected chi connectivity index (χ4v) is 2.22. The summed E-state index contributed by atoms with van der Waals surface area (Å²) in [5.41, 5.74) is 5.03. The van der Waals surface area contributed by atoms with Gasteiger partial charge in [-0.3, -0.25) is 0 Å². The largest absolute Gasteiger partial charge is 0.496 e. The van der Waals surface area contributed by atoms with Gasteiger partial charge in [0.15, 0.2) is 0 Å². The number of methoxy groups -OCH3 is 1. The van der Waals surface area contributed by atoms with E-state index in [-0.39, 0.29) is 0 Å². The molecule has 0 amide bonds. The van der Waals surface area contributed by atoms with Crippen LogP contribution in [-0.2, 0) is 13.0 Å². The van der Waals surface area contributed by atoms with E-state index in [4.69, 9.17) is 4.74 Å². The van der Waals surface area contributed by atoms with Gasteiger partial charge in [0, 0.05) is 12.1 Å². The third-order valence-corrected chi connectivity index (χ3v) is 3.34. The van der Waals surface area contributed by atoms with Crippen LogP contribution in [0.15, 0.2) is 42.5 Å². The van der Waals surface area contributed by atoms with Gasteiger partial charge < -0.3 is 10.1 Å². The smallest absolute Gasteiger partial charge is 0.123 e. The van der Waals surface area contributed by atoms with Crippen LogP contribution in [0, 0.1) is 0 Å². The average molecular weight is 255 g/mol. The van der Waals surface area contributed by atoms with Crippen molar-refractivity contribution in [1.29, 1.82) is 0 Å². The van der Waals surface area contributed by atoms with E-state index >= 15 is 0 Å². The topological polar surface area (TPSA) is 21.3 Å². The lowest BCUT2D eigenvalue weighted by molar-refractivity contribution is 0.408. The molecule has 0 atom stereocenters. The third kappa shape index (κ3) is 3.15. The van der Waals surface area contributed by atoms with Gasteiger partial charge in [-0.25, -0.2) is 0 Å². The molecule has 0 bridgehead atoms. The van der Waals surface area contributed by atoms with E-state index in [1.165, 1.54) is 22.3 Å². The summed E-state index contributed by atoms with van der Waals surface area (Å²) < 4.78 is 5.39. The Labute approximate surface area is 115 Å². The summed E-state index contributed by atoms with van der Waals surface area (Å²) in [6.45, 7) is 2.98. The van der Waals surface area contributed by atoms with Crippen molar-refractivity contribution in [2.24, 2.45) is 0 Å². The van der Waals surface area contributed by atoms with Gasteiger partial charge in [-0.2, -0.15) is 0 Å². The Kier molecular flexibility index (Phi) is 4.58. The molecule has 0 saturated heterocycles. The summed E-state index contributed by atoms with van der Waals surface area (Å²) in [5.74, 6) is 0.934. The van der Waals surface area contributed by atoms with Gasteiger partial charge >= 0.3 is 0 Å². The van der Waals surface area contributed by atoms with E-state index in [0.717, 1.165) is 18.7 Å². The van der Waals surface area contributed by atoms with Crippen molar-refractivity contribution < 1.29 is 4.74 Å². The Morgan fingerprint density at radius 2 is 1.68 bits per heavy atom. The summed E-state index contributed by atoms with van der Waals surface area (Å²) >= 11 is 0. The van der Waals surface area contributed by atoms with Gasteiger partial charge in [0.25, 0.3) is 0 Å². The number of benzene rings is 2. The van der Waals surface area contributed by atoms with Crippen LogP contribution in [0.1, 0.15) is 18.1 Å². The van der Waals surface area contributed by atoms with E-state index in [1.54, 1.807) is 7.11 Å². The molecule has 2 rings (SSSR count). The van der Waals surface area contributed by atoms with E-state index in [2.05, 4.69) is 48.6 Å². The zero-order chi connectivity index (χ0) is 13.7. The Balaban J connectivity index is 2.35. The van der Waals surface area contributed by atoms with E-state index < -0.39 is 0 Å². The average Bonchev–Trinajstić information content (AvgIpc) is 2.47. The van der Waals surface area contributed by atoms with E-state index in [9.17, 15) is 0 Å². The fraction of sp³-hybridized carbons (Fsp3) is 0.294. The molecular weight excluding hydrogens is 234 g/mol. The molecule has 0 fully saturated rings. The predicted molar refractivity (Wildman–Crippen MR) is 80.6 cm³/mol. The zero-order valence-electron chi connectivity index (χ0n) is 11.9. The van der Waals surface area contributed by atoms with Gasteiger partial charge in [-0.15, -0.1) is 0 Å². The van der Waals surface area contributed by atoms with Crippen molar-refractivity contribution >= 4 is 0 Å². The second-order valence-electron chi connectivity index (χ2n) is 4.61. The van der Waals surface area contributed by atoms with Crippen LogP contribution >= 0.6 is 0 Å². The van der Waals surface area contributed by atoms with Gasteiger partial charge in [0.05, 0.1) is 7.11 Å². The minimum Gasteiger partial charge on any atom is -0.496 e. The lowest BCUT2D eigenvalue weighted by Gasteiger charge is -2.11. The highest BCUT2D eigenvalue weighted by molar-refractivity contribution is 5.66. The Morgan fingerprint density at radius 1 is 1.00 bits per heavy atom. The standard InChI is InChI=1S/C17H21NO/c1-4-13-5-7-14(8-6-13)15-9-10-17(19-3)16(11-15)12-18-2/h5-11,18H,4,12H2,1-3H3. The van der Waals surface area contributed by atoms with Crippen molar-refractivity contribution in [2.75, 3.05) is 14.2 Å². The molecule has 0 aromatic heterocycles. The molecule has 0 unspecified atom stereocenters. The first kappa shape index (κ1) is 13.6. The van der Waals surface area contributed by atoms with E-state index in [1.807, 2.05) is 13.1 Å². The van der Waals surface area contributed by atoms with Crippen molar-refractivity contribution in [3.05, 3.63) is 53.6 Å². The molecule has 1 N–H and O–H groups in total. The minimum atomic E-state index is 0.810. The highest BCUT2D eigenvalue weighted by Gasteiger charge is 2.05. The van der Waals surface area contributed by atoms with Gasteiger partial charge in [-0.1, -0.05) is 37.3 Å². The molecule has 0 radical (unpaired) electrons. The maximum atomic E-state index is 5.39. The van der Waals surface area contributed by atoms with Crippen molar-refractivity contribution in [3.63, 3.8) is 0 Å². The molecule has 19 heavy (non-hydrogen) atoms. The molecule has 2 aromatic carbocycles. The maximum absolute atomic E-state index is 5.39. The monoisotopic (exact) mass is 255 g/mol. The van der Waals surface area contributed by atoms with Crippen molar-refractivity contribution in [2.45, 2.75) is 19.9 Å². The molecule has 0 saturated carbocycles. The predicted octanol–water partition coefficient (Wildman–Crippen LogP) is 3.64. The molecule has 0 aliphatic carbocycles. The molecule has 0 heterocycles. The van der Waals surface area contributed by atoms with E-state index in [0.29, 0.717) is 0 Å². The number of aryl methyl sites for hydroxylation is 1. The Morgan fingerprint density at radius 3 is 2.26 bits per heavy atom. The number of ether oxygens (including phenoxy) is 1. The lowest BCUT2D eigenvalue weighted by Crippen LogP contribution is -2.06. The first-order chi connectivity index (χ1) is 9.28. The quantitative estimate of drug-likeness (QED) is 0.880. The second-order valence-corrected chi connectivity index (χ2v) is 4.61. The third-order valence-electron chi connectivity index (χ3n) is 3.34. The molecule has 2 heteroatoms.